The normalized spacial score (nSPS) is 11.1. The minimum absolute atomic E-state index is 0.00503. The maximum absolute atomic E-state index is 12.7. The monoisotopic (exact) mass is 518 g/mol. The first-order valence-electron chi connectivity index (χ1n) is 9.10. The van der Waals surface area contributed by atoms with Crippen molar-refractivity contribution < 1.29 is 14.0 Å². The molecule has 0 aliphatic heterocycles. The molecule has 1 heterocycles. The molecule has 0 saturated carbocycles. The molecule has 2 N–H and O–H groups in total. The van der Waals surface area contributed by atoms with Crippen molar-refractivity contribution >= 4 is 57.0 Å². The lowest BCUT2D eigenvalue weighted by Gasteiger charge is -2.11. The summed E-state index contributed by atoms with van der Waals surface area (Å²) in [7, 11) is 0. The smallest absolute Gasteiger partial charge is 0.268 e. The number of rotatable bonds is 7. The van der Waals surface area contributed by atoms with E-state index in [1.54, 1.807) is 18.2 Å². The number of halogens is 3. The molecule has 0 spiro atoms. The first-order chi connectivity index (χ1) is 14.9. The SMILES string of the molecule is C=CCNC(=O)/C(=C/c1ccc(-c2ccc(Br)cc2)o1)NC(=O)c1ccc(Cl)cc1Cl. The van der Waals surface area contributed by atoms with Gasteiger partial charge in [0, 0.05) is 27.7 Å². The predicted octanol–water partition coefficient (Wildman–Crippen LogP) is 6.09. The lowest BCUT2D eigenvalue weighted by molar-refractivity contribution is -0.117. The third kappa shape index (κ3) is 6.10. The molecule has 31 heavy (non-hydrogen) atoms. The second-order valence-corrected chi connectivity index (χ2v) is 8.10. The van der Waals surface area contributed by atoms with Gasteiger partial charge in [-0.2, -0.15) is 0 Å². The van der Waals surface area contributed by atoms with E-state index < -0.39 is 11.8 Å². The van der Waals surface area contributed by atoms with Gasteiger partial charge < -0.3 is 15.1 Å². The van der Waals surface area contributed by atoms with E-state index in [9.17, 15) is 9.59 Å². The highest BCUT2D eigenvalue weighted by molar-refractivity contribution is 9.10. The summed E-state index contributed by atoms with van der Waals surface area (Å²) in [6, 6.07) is 15.6. The molecule has 2 amide bonds. The van der Waals surface area contributed by atoms with Crippen LogP contribution in [0.1, 0.15) is 16.1 Å². The number of hydrogen-bond acceptors (Lipinski definition) is 3. The van der Waals surface area contributed by atoms with Crippen LogP contribution in [0.3, 0.4) is 0 Å². The summed E-state index contributed by atoms with van der Waals surface area (Å²) in [6.07, 6.45) is 2.98. The number of carbonyl (C=O) groups excluding carboxylic acids is 2. The fourth-order valence-corrected chi connectivity index (χ4v) is 3.38. The van der Waals surface area contributed by atoms with Crippen LogP contribution in [0.4, 0.5) is 0 Å². The van der Waals surface area contributed by atoms with E-state index in [1.165, 1.54) is 24.3 Å². The molecule has 0 fully saturated rings. The van der Waals surface area contributed by atoms with Crippen molar-refractivity contribution in [2.75, 3.05) is 6.54 Å². The van der Waals surface area contributed by atoms with E-state index >= 15 is 0 Å². The van der Waals surface area contributed by atoms with Gasteiger partial charge >= 0.3 is 0 Å². The highest BCUT2D eigenvalue weighted by Crippen LogP contribution is 2.25. The van der Waals surface area contributed by atoms with Gasteiger partial charge in [-0.25, -0.2) is 0 Å². The topological polar surface area (TPSA) is 71.3 Å². The molecule has 0 saturated heterocycles. The van der Waals surface area contributed by atoms with Crippen molar-refractivity contribution in [3.8, 4) is 11.3 Å². The van der Waals surface area contributed by atoms with Crippen LogP contribution in [-0.2, 0) is 4.79 Å². The minimum atomic E-state index is -0.554. The Kier molecular flexibility index (Phi) is 7.74. The zero-order valence-electron chi connectivity index (χ0n) is 16.1. The summed E-state index contributed by atoms with van der Waals surface area (Å²) >= 11 is 15.4. The first kappa shape index (κ1) is 22.9. The highest BCUT2D eigenvalue weighted by Gasteiger charge is 2.17. The molecule has 0 bridgehead atoms. The third-order valence-corrected chi connectivity index (χ3v) is 5.19. The van der Waals surface area contributed by atoms with Crippen molar-refractivity contribution in [1.29, 1.82) is 0 Å². The molecule has 1 aromatic heterocycles. The van der Waals surface area contributed by atoms with Crippen molar-refractivity contribution in [2.24, 2.45) is 0 Å². The molecule has 0 aliphatic rings. The van der Waals surface area contributed by atoms with Gasteiger partial charge in [-0.05, 0) is 42.5 Å². The molecule has 158 valence electrons. The van der Waals surface area contributed by atoms with Crippen LogP contribution >= 0.6 is 39.1 Å². The molecule has 0 radical (unpaired) electrons. The number of carbonyl (C=O) groups is 2. The van der Waals surface area contributed by atoms with Gasteiger partial charge in [-0.1, -0.05) is 57.3 Å². The Morgan fingerprint density at radius 3 is 2.48 bits per heavy atom. The van der Waals surface area contributed by atoms with E-state index in [4.69, 9.17) is 27.6 Å². The molecular formula is C23H17BrCl2N2O3. The van der Waals surface area contributed by atoms with Crippen LogP contribution < -0.4 is 10.6 Å². The molecule has 5 nitrogen and oxygen atoms in total. The molecule has 0 unspecified atom stereocenters. The Hall–Kier alpha value is -2.80. The van der Waals surface area contributed by atoms with E-state index in [0.29, 0.717) is 16.5 Å². The number of nitrogens with one attached hydrogen (secondary N) is 2. The van der Waals surface area contributed by atoms with Crippen molar-refractivity contribution in [3.63, 3.8) is 0 Å². The maximum Gasteiger partial charge on any atom is 0.268 e. The standard InChI is InChI=1S/C23H17BrCl2N2O3/c1-2-11-27-23(30)20(28-22(29)18-9-7-16(25)12-19(18)26)13-17-8-10-21(31-17)14-3-5-15(24)6-4-14/h2-10,12-13H,1,11H2,(H,27,30)(H,28,29)/b20-13-. The van der Waals surface area contributed by atoms with Crippen LogP contribution in [0.2, 0.25) is 10.0 Å². The molecule has 3 rings (SSSR count). The fraction of sp³-hybridized carbons (Fsp3) is 0.0435. The van der Waals surface area contributed by atoms with Crippen molar-refractivity contribution in [2.45, 2.75) is 0 Å². The Balaban J connectivity index is 1.89. The zero-order chi connectivity index (χ0) is 22.4. The van der Waals surface area contributed by atoms with Gasteiger partial charge in [0.05, 0.1) is 10.6 Å². The van der Waals surface area contributed by atoms with Gasteiger partial charge in [0.1, 0.15) is 17.2 Å². The highest BCUT2D eigenvalue weighted by atomic mass is 79.9. The second kappa shape index (κ2) is 10.5. The van der Waals surface area contributed by atoms with Crippen molar-refractivity contribution in [3.05, 3.63) is 98.8 Å². The molecule has 8 heteroatoms. The largest absolute Gasteiger partial charge is 0.457 e. The fourth-order valence-electron chi connectivity index (χ4n) is 2.62. The van der Waals surface area contributed by atoms with Gasteiger partial charge in [-0.3, -0.25) is 9.59 Å². The van der Waals surface area contributed by atoms with Gasteiger partial charge in [0.2, 0.25) is 0 Å². The summed E-state index contributed by atoms with van der Waals surface area (Å²) in [4.78, 5) is 25.3. The van der Waals surface area contributed by atoms with Crippen LogP contribution in [0, 0.1) is 0 Å². The zero-order valence-corrected chi connectivity index (χ0v) is 19.2. The van der Waals surface area contributed by atoms with Crippen LogP contribution in [0.25, 0.3) is 17.4 Å². The second-order valence-electron chi connectivity index (χ2n) is 6.34. The van der Waals surface area contributed by atoms with Crippen LogP contribution in [-0.4, -0.2) is 18.4 Å². The Morgan fingerprint density at radius 2 is 1.81 bits per heavy atom. The Bertz CT molecular complexity index is 1150. The van der Waals surface area contributed by atoms with Gasteiger partial charge in [0.25, 0.3) is 11.8 Å². The van der Waals surface area contributed by atoms with Crippen LogP contribution in [0.5, 0.6) is 0 Å². The minimum Gasteiger partial charge on any atom is -0.457 e. The van der Waals surface area contributed by atoms with E-state index in [0.717, 1.165) is 10.0 Å². The number of amides is 2. The Morgan fingerprint density at radius 1 is 1.06 bits per heavy atom. The maximum atomic E-state index is 12.7. The average molecular weight is 520 g/mol. The van der Waals surface area contributed by atoms with Gasteiger partial charge in [-0.15, -0.1) is 6.58 Å². The Labute approximate surface area is 197 Å². The molecule has 2 aromatic carbocycles. The summed E-state index contributed by atoms with van der Waals surface area (Å²) in [5.74, 6) is -0.0397. The summed E-state index contributed by atoms with van der Waals surface area (Å²) < 4.78 is 6.79. The lowest BCUT2D eigenvalue weighted by atomic mass is 10.2. The quantitative estimate of drug-likeness (QED) is 0.293. The van der Waals surface area contributed by atoms with Crippen molar-refractivity contribution in [1.82, 2.24) is 10.6 Å². The van der Waals surface area contributed by atoms with E-state index in [-0.39, 0.29) is 22.8 Å². The lowest BCUT2D eigenvalue weighted by Crippen LogP contribution is -2.35. The van der Waals surface area contributed by atoms with Gasteiger partial charge in [0.15, 0.2) is 0 Å². The number of benzene rings is 2. The van der Waals surface area contributed by atoms with E-state index in [2.05, 4.69) is 33.1 Å². The molecule has 0 aliphatic carbocycles. The summed E-state index contributed by atoms with van der Waals surface area (Å²) in [5, 5.41) is 5.80. The average Bonchev–Trinajstić information content (AvgIpc) is 3.20. The molecule has 0 atom stereocenters. The molecular weight excluding hydrogens is 503 g/mol. The molecule has 3 aromatic rings. The summed E-state index contributed by atoms with van der Waals surface area (Å²) in [5.41, 5.74) is 1.05. The van der Waals surface area contributed by atoms with E-state index in [1.807, 2.05) is 24.3 Å². The number of furan rings is 1. The third-order valence-electron chi connectivity index (χ3n) is 4.12. The number of hydrogen-bond donors (Lipinski definition) is 2. The van der Waals surface area contributed by atoms with Crippen LogP contribution in [0.15, 0.2) is 81.8 Å². The first-order valence-corrected chi connectivity index (χ1v) is 10.6. The summed E-state index contributed by atoms with van der Waals surface area (Å²) in [6.45, 7) is 3.81. The predicted molar refractivity (Wildman–Crippen MR) is 127 cm³/mol.